The van der Waals surface area contributed by atoms with E-state index in [0.29, 0.717) is 0 Å². The van der Waals surface area contributed by atoms with Crippen LogP contribution in [-0.2, 0) is 17.8 Å². The molecule has 1 fully saturated rings. The van der Waals surface area contributed by atoms with Gasteiger partial charge in [0.2, 0.25) is 5.91 Å². The lowest BCUT2D eigenvalue weighted by Gasteiger charge is -2.27. The topological polar surface area (TPSA) is 74.2 Å². The Labute approximate surface area is 153 Å². The predicted octanol–water partition coefficient (Wildman–Crippen LogP) is 1.24. The number of hydrogen-bond donors (Lipinski definition) is 1. The van der Waals surface area contributed by atoms with Crippen molar-refractivity contribution in [3.63, 3.8) is 0 Å². The zero-order valence-electron chi connectivity index (χ0n) is 15.3. The third-order valence-electron chi connectivity index (χ3n) is 5.36. The first-order valence-electron chi connectivity index (χ1n) is 9.12. The number of fused-ring (bicyclic) bond motifs is 1. The normalized spacial score (nSPS) is 19.3. The number of pyridine rings is 1. The first kappa shape index (κ1) is 16.9. The van der Waals surface area contributed by atoms with Crippen molar-refractivity contribution >= 4 is 11.7 Å². The zero-order valence-corrected chi connectivity index (χ0v) is 15.3. The van der Waals surface area contributed by atoms with Gasteiger partial charge >= 0.3 is 0 Å². The van der Waals surface area contributed by atoms with Crippen LogP contribution in [0.2, 0.25) is 0 Å². The molecule has 136 valence electrons. The molecule has 26 heavy (non-hydrogen) atoms. The summed E-state index contributed by atoms with van der Waals surface area (Å²) in [4.78, 5) is 29.7. The number of amides is 1. The second-order valence-corrected chi connectivity index (χ2v) is 6.98. The molecule has 0 spiro atoms. The van der Waals surface area contributed by atoms with E-state index in [1.54, 1.807) is 19.3 Å². The fraction of sp³-hybridized carbons (Fsp3) is 0.474. The highest BCUT2D eigenvalue weighted by Crippen LogP contribution is 2.30. The van der Waals surface area contributed by atoms with Crippen LogP contribution in [0.5, 0.6) is 0 Å². The average molecular weight is 352 g/mol. The molecule has 1 saturated heterocycles. The molecule has 0 saturated carbocycles. The van der Waals surface area contributed by atoms with E-state index >= 15 is 0 Å². The molecule has 2 aromatic rings. The number of nitrogens with zero attached hydrogens (tertiary/aromatic N) is 5. The molecular formula is C19H24N6O. The standard InChI is InChI=1S/C19H24N6O/c1-13(26)24(2)15-6-10-25(12-15)19-16-5-9-21-11-17(16)22-18(23-19)14-3-7-20-8-4-14/h3-4,7-8,15,21H,5-6,9-12H2,1-2H3/t15-/m1/s1. The molecule has 7 nitrogen and oxygen atoms in total. The first-order chi connectivity index (χ1) is 12.6. The van der Waals surface area contributed by atoms with Crippen LogP contribution in [0.4, 0.5) is 5.82 Å². The van der Waals surface area contributed by atoms with Gasteiger partial charge in [-0.1, -0.05) is 0 Å². The minimum absolute atomic E-state index is 0.114. The Hall–Kier alpha value is -2.54. The fourth-order valence-corrected chi connectivity index (χ4v) is 3.74. The molecule has 4 rings (SSSR count). The van der Waals surface area contributed by atoms with E-state index in [4.69, 9.17) is 9.97 Å². The fourth-order valence-electron chi connectivity index (χ4n) is 3.74. The number of aromatic nitrogens is 3. The van der Waals surface area contributed by atoms with Crippen LogP contribution in [0.1, 0.15) is 24.6 Å². The van der Waals surface area contributed by atoms with Gasteiger partial charge in [-0.15, -0.1) is 0 Å². The van der Waals surface area contributed by atoms with E-state index in [1.807, 2.05) is 24.1 Å². The highest BCUT2D eigenvalue weighted by atomic mass is 16.2. The summed E-state index contributed by atoms with van der Waals surface area (Å²) in [6.45, 7) is 5.08. The largest absolute Gasteiger partial charge is 0.354 e. The molecule has 0 aromatic carbocycles. The Morgan fingerprint density at radius 3 is 2.88 bits per heavy atom. The number of nitrogens with one attached hydrogen (secondary N) is 1. The summed E-state index contributed by atoms with van der Waals surface area (Å²) in [5.41, 5.74) is 3.30. The minimum atomic E-state index is 0.114. The molecule has 2 aliphatic rings. The van der Waals surface area contributed by atoms with Crippen LogP contribution in [0, 0.1) is 0 Å². The number of carbonyl (C=O) groups excluding carboxylic acids is 1. The molecule has 2 aromatic heterocycles. The third-order valence-corrected chi connectivity index (χ3v) is 5.36. The molecule has 0 bridgehead atoms. The summed E-state index contributed by atoms with van der Waals surface area (Å²) in [6, 6.07) is 4.13. The van der Waals surface area contributed by atoms with Gasteiger partial charge < -0.3 is 15.1 Å². The van der Waals surface area contributed by atoms with Crippen molar-refractivity contribution in [3.05, 3.63) is 35.8 Å². The molecular weight excluding hydrogens is 328 g/mol. The second-order valence-electron chi connectivity index (χ2n) is 6.98. The third kappa shape index (κ3) is 3.14. The van der Waals surface area contributed by atoms with Crippen molar-refractivity contribution in [1.82, 2.24) is 25.2 Å². The van der Waals surface area contributed by atoms with Crippen molar-refractivity contribution in [2.24, 2.45) is 0 Å². The summed E-state index contributed by atoms with van der Waals surface area (Å²) in [7, 11) is 1.89. The van der Waals surface area contributed by atoms with E-state index in [1.165, 1.54) is 5.56 Å². The van der Waals surface area contributed by atoms with Gasteiger partial charge in [0.05, 0.1) is 11.7 Å². The van der Waals surface area contributed by atoms with Crippen molar-refractivity contribution < 1.29 is 4.79 Å². The maximum Gasteiger partial charge on any atom is 0.219 e. The summed E-state index contributed by atoms with van der Waals surface area (Å²) >= 11 is 0. The van der Waals surface area contributed by atoms with Crippen LogP contribution in [-0.4, -0.2) is 58.5 Å². The Bertz CT molecular complexity index is 809. The van der Waals surface area contributed by atoms with Crippen LogP contribution < -0.4 is 10.2 Å². The van der Waals surface area contributed by atoms with E-state index in [2.05, 4.69) is 15.2 Å². The number of anilines is 1. The maximum absolute atomic E-state index is 11.7. The van der Waals surface area contributed by atoms with E-state index in [9.17, 15) is 4.79 Å². The van der Waals surface area contributed by atoms with Crippen LogP contribution in [0.25, 0.3) is 11.4 Å². The summed E-state index contributed by atoms with van der Waals surface area (Å²) in [5.74, 6) is 1.89. The van der Waals surface area contributed by atoms with Crippen LogP contribution in [0.15, 0.2) is 24.5 Å². The highest BCUT2D eigenvalue weighted by Gasteiger charge is 2.31. The van der Waals surface area contributed by atoms with Gasteiger partial charge in [-0.05, 0) is 31.5 Å². The first-order valence-corrected chi connectivity index (χ1v) is 9.12. The number of hydrogen-bond acceptors (Lipinski definition) is 6. The zero-order chi connectivity index (χ0) is 18.1. The van der Waals surface area contributed by atoms with Crippen LogP contribution in [0.3, 0.4) is 0 Å². The van der Waals surface area contributed by atoms with Gasteiger partial charge in [0.25, 0.3) is 0 Å². The lowest BCUT2D eigenvalue weighted by molar-refractivity contribution is -0.129. The summed E-state index contributed by atoms with van der Waals surface area (Å²) in [5, 5.41) is 3.41. The molecule has 2 aliphatic heterocycles. The lowest BCUT2D eigenvalue weighted by atomic mass is 10.1. The number of rotatable bonds is 3. The minimum Gasteiger partial charge on any atom is -0.354 e. The Balaban J connectivity index is 1.70. The van der Waals surface area contributed by atoms with Crippen molar-refractivity contribution in [1.29, 1.82) is 0 Å². The van der Waals surface area contributed by atoms with Gasteiger partial charge in [-0.2, -0.15) is 0 Å². The maximum atomic E-state index is 11.7. The molecule has 7 heteroatoms. The molecule has 1 atom stereocenters. The van der Waals surface area contributed by atoms with Gasteiger partial charge in [0.15, 0.2) is 5.82 Å². The number of likely N-dealkylation sites (N-methyl/N-ethyl adjacent to an activating group) is 1. The molecule has 1 amide bonds. The van der Waals surface area contributed by atoms with Crippen molar-refractivity contribution in [2.45, 2.75) is 32.4 Å². The quantitative estimate of drug-likeness (QED) is 0.896. The van der Waals surface area contributed by atoms with Crippen molar-refractivity contribution in [2.75, 3.05) is 31.6 Å². The summed E-state index contributed by atoms with van der Waals surface area (Å²) < 4.78 is 0. The molecule has 1 N–H and O–H groups in total. The van der Waals surface area contributed by atoms with Crippen molar-refractivity contribution in [3.8, 4) is 11.4 Å². The molecule has 4 heterocycles. The van der Waals surface area contributed by atoms with E-state index in [-0.39, 0.29) is 11.9 Å². The lowest BCUT2D eigenvalue weighted by Crippen LogP contribution is -2.38. The number of carbonyl (C=O) groups is 1. The van der Waals surface area contributed by atoms with Gasteiger partial charge in [-0.3, -0.25) is 9.78 Å². The SMILES string of the molecule is CC(=O)N(C)[C@@H]1CCN(c2nc(-c3ccncc3)nc3c2CCNC3)C1. The van der Waals surface area contributed by atoms with E-state index < -0.39 is 0 Å². The smallest absolute Gasteiger partial charge is 0.219 e. The van der Waals surface area contributed by atoms with E-state index in [0.717, 1.165) is 61.9 Å². The second kappa shape index (κ2) is 6.99. The van der Waals surface area contributed by atoms with Crippen LogP contribution >= 0.6 is 0 Å². The Morgan fingerprint density at radius 2 is 2.12 bits per heavy atom. The average Bonchev–Trinajstić information content (AvgIpc) is 3.17. The Kier molecular flexibility index (Phi) is 4.55. The molecule has 0 aliphatic carbocycles. The van der Waals surface area contributed by atoms with Gasteiger partial charge in [0, 0.05) is 57.1 Å². The predicted molar refractivity (Wildman–Crippen MR) is 99.7 cm³/mol. The highest BCUT2D eigenvalue weighted by molar-refractivity contribution is 5.73. The van der Waals surface area contributed by atoms with Gasteiger partial charge in [0.1, 0.15) is 5.82 Å². The molecule has 0 radical (unpaired) electrons. The summed E-state index contributed by atoms with van der Waals surface area (Å²) in [6.07, 6.45) is 5.44. The van der Waals surface area contributed by atoms with Gasteiger partial charge in [-0.25, -0.2) is 9.97 Å². The monoisotopic (exact) mass is 352 g/mol. The molecule has 0 unspecified atom stereocenters. The Morgan fingerprint density at radius 1 is 1.31 bits per heavy atom.